The van der Waals surface area contributed by atoms with E-state index in [0.717, 1.165) is 12.1 Å². The lowest BCUT2D eigenvalue weighted by atomic mass is 10.1. The SMILES string of the molecule is CC(C)(O)CNc1cc(C(F)(F)F)cc(NN)n1. The molecule has 102 valence electrons. The average Bonchev–Trinajstić information content (AvgIpc) is 2.24. The minimum atomic E-state index is -4.49. The Labute approximate surface area is 102 Å². The van der Waals surface area contributed by atoms with Crippen LogP contribution in [0.2, 0.25) is 0 Å². The predicted octanol–water partition coefficient (Wildman–Crippen LogP) is 1.57. The number of pyridine rings is 1. The summed E-state index contributed by atoms with van der Waals surface area (Å²) in [7, 11) is 0. The first-order valence-corrected chi connectivity index (χ1v) is 5.14. The van der Waals surface area contributed by atoms with E-state index in [0.29, 0.717) is 0 Å². The summed E-state index contributed by atoms with van der Waals surface area (Å²) in [6.45, 7) is 3.11. The number of hydrazine groups is 1. The van der Waals surface area contributed by atoms with E-state index < -0.39 is 17.3 Å². The third-order valence-electron chi connectivity index (χ3n) is 2.00. The van der Waals surface area contributed by atoms with Gasteiger partial charge in [0.15, 0.2) is 0 Å². The Balaban J connectivity index is 2.98. The molecule has 0 unspecified atom stereocenters. The van der Waals surface area contributed by atoms with Crippen LogP contribution < -0.4 is 16.6 Å². The van der Waals surface area contributed by atoms with Gasteiger partial charge in [0, 0.05) is 6.54 Å². The molecule has 1 aromatic heterocycles. The van der Waals surface area contributed by atoms with E-state index in [9.17, 15) is 18.3 Å². The summed E-state index contributed by atoms with van der Waals surface area (Å²) in [6, 6.07) is 1.65. The predicted molar refractivity (Wildman–Crippen MR) is 61.8 cm³/mol. The number of alkyl halides is 3. The van der Waals surface area contributed by atoms with Crippen LogP contribution in [0.3, 0.4) is 0 Å². The Morgan fingerprint density at radius 1 is 1.28 bits per heavy atom. The van der Waals surface area contributed by atoms with Gasteiger partial charge in [-0.25, -0.2) is 10.8 Å². The fourth-order valence-electron chi connectivity index (χ4n) is 1.17. The Kier molecular flexibility index (Phi) is 4.02. The molecule has 8 heteroatoms. The number of hydrogen-bond donors (Lipinski definition) is 4. The molecule has 0 fully saturated rings. The van der Waals surface area contributed by atoms with Gasteiger partial charge in [0.2, 0.25) is 0 Å². The van der Waals surface area contributed by atoms with Gasteiger partial charge >= 0.3 is 6.18 Å². The molecule has 5 nitrogen and oxygen atoms in total. The minimum absolute atomic E-state index is 0.0140. The van der Waals surface area contributed by atoms with Crippen LogP contribution in [0.4, 0.5) is 24.8 Å². The van der Waals surface area contributed by atoms with Gasteiger partial charge in [0.05, 0.1) is 11.2 Å². The van der Waals surface area contributed by atoms with Gasteiger partial charge in [-0.05, 0) is 26.0 Å². The van der Waals surface area contributed by atoms with Crippen molar-refractivity contribution >= 4 is 11.6 Å². The van der Waals surface area contributed by atoms with Crippen molar-refractivity contribution in [1.29, 1.82) is 0 Å². The van der Waals surface area contributed by atoms with E-state index in [1.165, 1.54) is 13.8 Å². The number of anilines is 2. The molecule has 0 bridgehead atoms. The molecule has 1 rings (SSSR count). The molecular weight excluding hydrogens is 249 g/mol. The number of halogens is 3. The lowest BCUT2D eigenvalue weighted by Gasteiger charge is -2.19. The van der Waals surface area contributed by atoms with Crippen LogP contribution in [0.1, 0.15) is 19.4 Å². The average molecular weight is 264 g/mol. The van der Waals surface area contributed by atoms with Crippen LogP contribution in [-0.4, -0.2) is 22.2 Å². The van der Waals surface area contributed by atoms with Gasteiger partial charge < -0.3 is 15.8 Å². The Morgan fingerprint density at radius 2 is 1.83 bits per heavy atom. The fourth-order valence-corrected chi connectivity index (χ4v) is 1.17. The Morgan fingerprint density at radius 3 is 2.28 bits per heavy atom. The molecule has 0 aromatic carbocycles. The third-order valence-corrected chi connectivity index (χ3v) is 2.00. The van der Waals surface area contributed by atoms with Crippen LogP contribution in [0.5, 0.6) is 0 Å². The summed E-state index contributed by atoms with van der Waals surface area (Å²) in [5.41, 5.74) is 0.129. The second-order valence-corrected chi connectivity index (χ2v) is 4.43. The van der Waals surface area contributed by atoms with Crippen LogP contribution in [-0.2, 0) is 6.18 Å². The molecule has 0 aliphatic rings. The van der Waals surface area contributed by atoms with Crippen molar-refractivity contribution < 1.29 is 18.3 Å². The van der Waals surface area contributed by atoms with Gasteiger partial charge in [-0.3, -0.25) is 0 Å². The summed E-state index contributed by atoms with van der Waals surface area (Å²) in [5, 5.41) is 12.1. The maximum absolute atomic E-state index is 12.6. The smallest absolute Gasteiger partial charge is 0.389 e. The van der Waals surface area contributed by atoms with Crippen molar-refractivity contribution in [3.05, 3.63) is 17.7 Å². The standard InChI is InChI=1S/C10H15F3N4O/c1-9(2,18)5-15-7-3-6(10(11,12)13)4-8(16-7)17-14/h3-4,18H,5,14H2,1-2H3,(H2,15,16,17). The maximum atomic E-state index is 12.6. The number of aromatic nitrogens is 1. The first-order valence-electron chi connectivity index (χ1n) is 5.14. The molecule has 0 aliphatic heterocycles. The normalized spacial score (nSPS) is 12.4. The van der Waals surface area contributed by atoms with E-state index in [4.69, 9.17) is 5.84 Å². The zero-order valence-corrected chi connectivity index (χ0v) is 9.97. The number of nitrogens with two attached hydrogens (primary N) is 1. The monoisotopic (exact) mass is 264 g/mol. The maximum Gasteiger partial charge on any atom is 0.416 e. The molecule has 0 atom stereocenters. The number of aliphatic hydroxyl groups is 1. The highest BCUT2D eigenvalue weighted by atomic mass is 19.4. The Hall–Kier alpha value is -1.54. The van der Waals surface area contributed by atoms with Crippen LogP contribution >= 0.6 is 0 Å². The van der Waals surface area contributed by atoms with E-state index >= 15 is 0 Å². The van der Waals surface area contributed by atoms with Crippen molar-refractivity contribution in [1.82, 2.24) is 4.98 Å². The van der Waals surface area contributed by atoms with Crippen LogP contribution in [0.15, 0.2) is 12.1 Å². The second kappa shape index (κ2) is 4.99. The number of nitrogens with zero attached hydrogens (tertiary/aromatic N) is 1. The summed E-state index contributed by atoms with van der Waals surface area (Å²) in [4.78, 5) is 3.81. The molecule has 0 amide bonds. The van der Waals surface area contributed by atoms with E-state index in [1.54, 1.807) is 0 Å². The van der Waals surface area contributed by atoms with Crippen molar-refractivity contribution in [3.8, 4) is 0 Å². The van der Waals surface area contributed by atoms with Crippen molar-refractivity contribution in [2.24, 2.45) is 5.84 Å². The highest BCUT2D eigenvalue weighted by Crippen LogP contribution is 2.31. The van der Waals surface area contributed by atoms with Crippen LogP contribution in [0.25, 0.3) is 0 Å². The van der Waals surface area contributed by atoms with E-state index in [1.807, 2.05) is 0 Å². The molecule has 0 spiro atoms. The highest BCUT2D eigenvalue weighted by Gasteiger charge is 2.31. The molecule has 1 aromatic rings. The molecule has 0 saturated carbocycles. The summed E-state index contributed by atoms with van der Waals surface area (Å²) < 4.78 is 37.8. The lowest BCUT2D eigenvalue weighted by molar-refractivity contribution is -0.137. The summed E-state index contributed by atoms with van der Waals surface area (Å²) in [5.74, 6) is 4.93. The van der Waals surface area contributed by atoms with Crippen molar-refractivity contribution in [3.63, 3.8) is 0 Å². The molecule has 1 heterocycles. The van der Waals surface area contributed by atoms with Gasteiger partial charge in [-0.1, -0.05) is 0 Å². The zero-order chi connectivity index (χ0) is 14.0. The molecule has 0 aliphatic carbocycles. The molecule has 5 N–H and O–H groups in total. The fraction of sp³-hybridized carbons (Fsp3) is 0.500. The second-order valence-electron chi connectivity index (χ2n) is 4.43. The first-order chi connectivity index (χ1) is 8.12. The highest BCUT2D eigenvalue weighted by molar-refractivity contribution is 5.49. The molecular formula is C10H15F3N4O. The number of nitrogens with one attached hydrogen (secondary N) is 2. The largest absolute Gasteiger partial charge is 0.416 e. The van der Waals surface area contributed by atoms with Gasteiger partial charge in [-0.2, -0.15) is 13.2 Å². The van der Waals surface area contributed by atoms with E-state index in [2.05, 4.69) is 15.7 Å². The summed E-state index contributed by atoms with van der Waals surface area (Å²) in [6.07, 6.45) is -4.49. The van der Waals surface area contributed by atoms with Crippen LogP contribution in [0, 0.1) is 0 Å². The minimum Gasteiger partial charge on any atom is -0.389 e. The lowest BCUT2D eigenvalue weighted by Crippen LogP contribution is -2.29. The topological polar surface area (TPSA) is 83.2 Å². The van der Waals surface area contributed by atoms with Gasteiger partial charge in [0.1, 0.15) is 11.6 Å². The number of nitrogen functional groups attached to an aromatic ring is 1. The molecule has 18 heavy (non-hydrogen) atoms. The number of hydrogen-bond acceptors (Lipinski definition) is 5. The Bertz CT molecular complexity index is 415. The van der Waals surface area contributed by atoms with Gasteiger partial charge in [-0.15, -0.1) is 0 Å². The third kappa shape index (κ3) is 4.38. The molecule has 0 saturated heterocycles. The van der Waals surface area contributed by atoms with Crippen molar-refractivity contribution in [2.75, 3.05) is 17.3 Å². The van der Waals surface area contributed by atoms with Crippen molar-refractivity contribution in [2.45, 2.75) is 25.6 Å². The summed E-state index contributed by atoms with van der Waals surface area (Å²) >= 11 is 0. The molecule has 0 radical (unpaired) electrons. The van der Waals surface area contributed by atoms with Gasteiger partial charge in [0.25, 0.3) is 0 Å². The van der Waals surface area contributed by atoms with E-state index in [-0.39, 0.29) is 18.2 Å². The zero-order valence-electron chi connectivity index (χ0n) is 9.97. The first kappa shape index (κ1) is 14.5. The number of rotatable bonds is 4. The quantitative estimate of drug-likeness (QED) is 0.490.